The normalized spacial score (nSPS) is 13.8. The number of thiophene rings is 1. The Bertz CT molecular complexity index is 785. The Morgan fingerprint density at radius 1 is 1.35 bits per heavy atom. The first kappa shape index (κ1) is 19.2. The van der Waals surface area contributed by atoms with Gasteiger partial charge in [-0.1, -0.05) is 41.4 Å². The van der Waals surface area contributed by atoms with Gasteiger partial charge in [0.2, 0.25) is 0 Å². The summed E-state index contributed by atoms with van der Waals surface area (Å²) in [6.07, 6.45) is 1.57. The van der Waals surface area contributed by atoms with Gasteiger partial charge in [-0.25, -0.2) is 8.42 Å². The number of rotatable bonds is 7. The first-order valence-electron chi connectivity index (χ1n) is 7.63. The maximum atomic E-state index is 13.2. The summed E-state index contributed by atoms with van der Waals surface area (Å²) >= 11 is 10.8. The molecule has 1 aromatic carbocycles. The summed E-state index contributed by atoms with van der Waals surface area (Å²) in [4.78, 5) is 0. The van der Waals surface area contributed by atoms with Gasteiger partial charge in [-0.3, -0.25) is 0 Å². The van der Waals surface area contributed by atoms with E-state index >= 15 is 0 Å². The number of aryl methyl sites for hydroxylation is 1. The van der Waals surface area contributed by atoms with E-state index in [9.17, 15) is 8.42 Å². The molecule has 0 aliphatic rings. The zero-order valence-electron chi connectivity index (χ0n) is 13.5. The van der Waals surface area contributed by atoms with Crippen molar-refractivity contribution in [2.75, 3.05) is 11.9 Å². The second-order valence-corrected chi connectivity index (χ2v) is 9.71. The molecule has 7 heteroatoms. The summed E-state index contributed by atoms with van der Waals surface area (Å²) in [6.45, 7) is 6.41. The zero-order valence-corrected chi connectivity index (χ0v) is 17.4. The number of alkyl halides is 1. The van der Waals surface area contributed by atoms with Gasteiger partial charge in [-0.05, 0) is 48.9 Å². The van der Waals surface area contributed by atoms with Crippen LogP contribution in [0.4, 0.5) is 0 Å². The van der Waals surface area contributed by atoms with Crippen molar-refractivity contribution in [3.8, 4) is 0 Å². The summed E-state index contributed by atoms with van der Waals surface area (Å²) in [5.74, 6) is 0. The van der Waals surface area contributed by atoms with Crippen molar-refractivity contribution >= 4 is 59.0 Å². The molecule has 0 amide bonds. The van der Waals surface area contributed by atoms with Crippen LogP contribution in [0.2, 0.25) is 5.02 Å². The average molecular weight is 439 g/mol. The summed E-state index contributed by atoms with van der Waals surface area (Å²) in [5.41, 5.74) is 0.790. The highest BCUT2D eigenvalue weighted by Gasteiger charge is 2.32. The van der Waals surface area contributed by atoms with Crippen molar-refractivity contribution in [3.63, 3.8) is 0 Å². The Labute approximate surface area is 155 Å². The number of fused-ring (bicyclic) bond motifs is 1. The molecule has 23 heavy (non-hydrogen) atoms. The number of halogens is 2. The molecule has 3 nitrogen and oxygen atoms in total. The van der Waals surface area contributed by atoms with Crippen molar-refractivity contribution in [3.05, 3.63) is 28.8 Å². The second kappa shape index (κ2) is 7.83. The second-order valence-electron chi connectivity index (χ2n) is 5.49. The SMILES string of the molecule is CCCN(C(CC)CBr)S(=O)(=O)c1sc2ccc(Cl)cc2c1C. The Morgan fingerprint density at radius 2 is 2.04 bits per heavy atom. The standard InChI is InChI=1S/C16H21BrClNO2S2/c1-4-8-19(13(5-2)10-17)23(20,21)16-11(3)14-9-12(18)6-7-15(14)22-16/h6-7,9,13H,4-5,8,10H2,1-3H3. The van der Waals surface area contributed by atoms with Crippen LogP contribution in [-0.4, -0.2) is 30.6 Å². The molecule has 0 aliphatic carbocycles. The summed E-state index contributed by atoms with van der Waals surface area (Å²) in [7, 11) is -3.51. The molecule has 0 spiro atoms. The Kier molecular flexibility index (Phi) is 6.53. The van der Waals surface area contributed by atoms with Gasteiger partial charge < -0.3 is 0 Å². The molecule has 0 N–H and O–H groups in total. The third-order valence-electron chi connectivity index (χ3n) is 3.90. The first-order chi connectivity index (χ1) is 10.9. The number of hydrogen-bond donors (Lipinski definition) is 0. The van der Waals surface area contributed by atoms with Gasteiger partial charge in [0.15, 0.2) is 0 Å². The lowest BCUT2D eigenvalue weighted by molar-refractivity contribution is 0.335. The van der Waals surface area contributed by atoms with Crippen molar-refractivity contribution in [1.29, 1.82) is 0 Å². The molecular weight excluding hydrogens is 418 g/mol. The molecule has 0 saturated carbocycles. The minimum atomic E-state index is -3.51. The van der Waals surface area contributed by atoms with E-state index in [1.165, 1.54) is 11.3 Å². The Hall–Kier alpha value is -0.140. The van der Waals surface area contributed by atoms with Crippen LogP contribution in [0, 0.1) is 6.92 Å². The molecule has 1 atom stereocenters. The topological polar surface area (TPSA) is 37.4 Å². The monoisotopic (exact) mass is 437 g/mol. The van der Waals surface area contributed by atoms with Gasteiger partial charge in [-0.2, -0.15) is 4.31 Å². The Balaban J connectivity index is 2.59. The average Bonchev–Trinajstić information content (AvgIpc) is 2.85. The Morgan fingerprint density at radius 3 is 2.61 bits per heavy atom. The molecule has 0 saturated heterocycles. The lowest BCUT2D eigenvalue weighted by Gasteiger charge is -2.28. The number of hydrogen-bond acceptors (Lipinski definition) is 3. The van der Waals surface area contributed by atoms with E-state index in [2.05, 4.69) is 15.9 Å². The van der Waals surface area contributed by atoms with E-state index < -0.39 is 10.0 Å². The van der Waals surface area contributed by atoms with E-state index in [1.807, 2.05) is 32.9 Å². The van der Waals surface area contributed by atoms with E-state index in [-0.39, 0.29) is 6.04 Å². The third-order valence-corrected chi connectivity index (χ3v) is 8.70. The summed E-state index contributed by atoms with van der Waals surface area (Å²) < 4.78 is 29.5. The molecule has 1 aromatic heterocycles. The predicted octanol–water partition coefficient (Wildman–Crippen LogP) is 5.44. The van der Waals surface area contributed by atoms with Crippen molar-refractivity contribution in [1.82, 2.24) is 4.31 Å². The van der Waals surface area contributed by atoms with E-state index in [0.29, 0.717) is 21.1 Å². The molecular formula is C16H21BrClNO2S2. The van der Waals surface area contributed by atoms with Crippen molar-refractivity contribution < 1.29 is 8.42 Å². The maximum absolute atomic E-state index is 13.2. The lowest BCUT2D eigenvalue weighted by Crippen LogP contribution is -2.41. The molecule has 0 aliphatic heterocycles. The predicted molar refractivity (Wildman–Crippen MR) is 104 cm³/mol. The van der Waals surface area contributed by atoms with Crippen LogP contribution >= 0.6 is 38.9 Å². The minimum Gasteiger partial charge on any atom is -0.206 e. The minimum absolute atomic E-state index is 0.0341. The molecule has 2 rings (SSSR count). The van der Waals surface area contributed by atoms with Gasteiger partial charge in [0, 0.05) is 27.6 Å². The molecule has 1 unspecified atom stereocenters. The largest absolute Gasteiger partial charge is 0.253 e. The van der Waals surface area contributed by atoms with Crippen LogP contribution in [0.15, 0.2) is 22.4 Å². The van der Waals surface area contributed by atoms with Gasteiger partial charge in [0.05, 0.1) is 0 Å². The molecule has 2 aromatic rings. The maximum Gasteiger partial charge on any atom is 0.253 e. The quantitative estimate of drug-likeness (QED) is 0.540. The highest BCUT2D eigenvalue weighted by molar-refractivity contribution is 9.09. The van der Waals surface area contributed by atoms with Gasteiger partial charge in [0.1, 0.15) is 4.21 Å². The molecule has 128 valence electrons. The smallest absolute Gasteiger partial charge is 0.206 e. The number of sulfonamides is 1. The van der Waals surface area contributed by atoms with E-state index in [0.717, 1.165) is 28.5 Å². The number of benzene rings is 1. The van der Waals surface area contributed by atoms with Crippen LogP contribution in [0.5, 0.6) is 0 Å². The van der Waals surface area contributed by atoms with E-state index in [1.54, 1.807) is 10.4 Å². The van der Waals surface area contributed by atoms with Crippen LogP contribution in [-0.2, 0) is 10.0 Å². The fourth-order valence-electron chi connectivity index (χ4n) is 2.63. The van der Waals surface area contributed by atoms with E-state index in [4.69, 9.17) is 11.6 Å². The van der Waals surface area contributed by atoms with Gasteiger partial charge in [-0.15, -0.1) is 11.3 Å². The van der Waals surface area contributed by atoms with Crippen LogP contribution in [0.1, 0.15) is 32.3 Å². The first-order valence-corrected chi connectivity index (χ1v) is 11.4. The molecule has 0 bridgehead atoms. The highest BCUT2D eigenvalue weighted by atomic mass is 79.9. The highest BCUT2D eigenvalue weighted by Crippen LogP contribution is 2.37. The van der Waals surface area contributed by atoms with Gasteiger partial charge >= 0.3 is 0 Å². The molecule has 0 radical (unpaired) electrons. The molecule has 1 heterocycles. The lowest BCUT2D eigenvalue weighted by atomic mass is 10.2. The third kappa shape index (κ3) is 3.76. The van der Waals surface area contributed by atoms with Crippen LogP contribution in [0.25, 0.3) is 10.1 Å². The fraction of sp³-hybridized carbons (Fsp3) is 0.500. The van der Waals surface area contributed by atoms with Crippen LogP contribution < -0.4 is 0 Å². The fourth-order valence-corrected chi connectivity index (χ4v) is 7.45. The van der Waals surface area contributed by atoms with Crippen molar-refractivity contribution in [2.24, 2.45) is 0 Å². The zero-order chi connectivity index (χ0) is 17.2. The molecule has 0 fully saturated rings. The van der Waals surface area contributed by atoms with Gasteiger partial charge in [0.25, 0.3) is 10.0 Å². The number of nitrogens with zero attached hydrogens (tertiary/aromatic N) is 1. The van der Waals surface area contributed by atoms with Crippen LogP contribution in [0.3, 0.4) is 0 Å². The summed E-state index contributed by atoms with van der Waals surface area (Å²) in [6, 6.07) is 5.50. The van der Waals surface area contributed by atoms with Crippen molar-refractivity contribution in [2.45, 2.75) is 43.9 Å². The summed E-state index contributed by atoms with van der Waals surface area (Å²) in [5, 5.41) is 2.18.